The van der Waals surface area contributed by atoms with Gasteiger partial charge in [0.2, 0.25) is 0 Å². The molecule has 0 fully saturated rings. The van der Waals surface area contributed by atoms with Crippen LogP contribution in [0.25, 0.3) is 0 Å². The molecular formula is C35H55N3. The lowest BCUT2D eigenvalue weighted by Crippen LogP contribution is -2.01. The van der Waals surface area contributed by atoms with Crippen molar-refractivity contribution in [2.45, 2.75) is 93.9 Å². The first-order valence-corrected chi connectivity index (χ1v) is 14.1. The fourth-order valence-corrected chi connectivity index (χ4v) is 3.44. The normalized spacial score (nSPS) is 11.0. The lowest BCUT2D eigenvalue weighted by Gasteiger charge is -2.08. The van der Waals surface area contributed by atoms with Gasteiger partial charge in [0.25, 0.3) is 0 Å². The van der Waals surface area contributed by atoms with Crippen LogP contribution in [0.1, 0.15) is 97.3 Å². The summed E-state index contributed by atoms with van der Waals surface area (Å²) in [6.07, 6.45) is 13.4. The summed E-state index contributed by atoms with van der Waals surface area (Å²) in [6, 6.07) is 19.1. The molecule has 2 aromatic carbocycles. The molecule has 38 heavy (non-hydrogen) atoms. The minimum Gasteiger partial charge on any atom is -0.405 e. The van der Waals surface area contributed by atoms with Crippen LogP contribution < -0.4 is 5.73 Å². The number of aryl methyl sites for hydroxylation is 2. The van der Waals surface area contributed by atoms with E-state index in [1.807, 2.05) is 33.9 Å². The Morgan fingerprint density at radius 1 is 0.868 bits per heavy atom. The van der Waals surface area contributed by atoms with Crippen molar-refractivity contribution in [3.63, 3.8) is 0 Å². The molecule has 0 heterocycles. The maximum atomic E-state index is 4.79. The van der Waals surface area contributed by atoms with Gasteiger partial charge in [-0.15, -0.1) is 0 Å². The van der Waals surface area contributed by atoms with Crippen LogP contribution in [0, 0.1) is 6.92 Å². The van der Waals surface area contributed by atoms with Gasteiger partial charge in [0.1, 0.15) is 0 Å². The van der Waals surface area contributed by atoms with Crippen molar-refractivity contribution in [3.8, 4) is 0 Å². The first-order chi connectivity index (χ1) is 18.3. The second-order valence-corrected chi connectivity index (χ2v) is 9.07. The molecule has 0 aliphatic rings. The molecule has 0 spiro atoms. The number of nitrogens with two attached hydrogens (primary N) is 1. The number of nitrogens with zero attached hydrogens (tertiary/aromatic N) is 2. The highest BCUT2D eigenvalue weighted by Gasteiger charge is 2.05. The average Bonchev–Trinajstić information content (AvgIpc) is 2.91. The molecule has 2 N–H and O–H groups in total. The highest BCUT2D eigenvalue weighted by molar-refractivity contribution is 6.10. The third-order valence-electron chi connectivity index (χ3n) is 5.44. The Morgan fingerprint density at radius 3 is 1.95 bits per heavy atom. The number of hydrogen-bond donors (Lipinski definition) is 1. The van der Waals surface area contributed by atoms with E-state index >= 15 is 0 Å². The molecule has 0 radical (unpaired) electrons. The molecule has 0 unspecified atom stereocenters. The summed E-state index contributed by atoms with van der Waals surface area (Å²) in [5.74, 6) is 0. The van der Waals surface area contributed by atoms with E-state index in [4.69, 9.17) is 4.99 Å². The van der Waals surface area contributed by atoms with Gasteiger partial charge in [0.15, 0.2) is 0 Å². The molecule has 0 aliphatic carbocycles. The Kier molecular flexibility index (Phi) is 24.7. The summed E-state index contributed by atoms with van der Waals surface area (Å²) < 4.78 is 0. The number of allylic oxidation sites excluding steroid dienone is 4. The zero-order valence-corrected chi connectivity index (χ0v) is 25.8. The first-order valence-electron chi connectivity index (χ1n) is 14.1. The van der Waals surface area contributed by atoms with Crippen LogP contribution in [0.15, 0.2) is 100 Å². The maximum Gasteiger partial charge on any atom is 0.0707 e. The average molecular weight is 518 g/mol. The molecule has 0 amide bonds. The number of rotatable bonds is 10. The summed E-state index contributed by atoms with van der Waals surface area (Å²) in [6.45, 7) is 19.7. The molecule has 2 aromatic rings. The Hall–Kier alpha value is -3.20. The van der Waals surface area contributed by atoms with Gasteiger partial charge in [-0.1, -0.05) is 113 Å². The van der Waals surface area contributed by atoms with Gasteiger partial charge in [-0.2, -0.15) is 0 Å². The van der Waals surface area contributed by atoms with E-state index in [0.29, 0.717) is 0 Å². The van der Waals surface area contributed by atoms with E-state index in [2.05, 4.69) is 106 Å². The maximum absolute atomic E-state index is 4.79. The minimum atomic E-state index is 0.992. The third-order valence-corrected chi connectivity index (χ3v) is 5.44. The summed E-state index contributed by atoms with van der Waals surface area (Å²) in [4.78, 5) is 8.84. The van der Waals surface area contributed by atoms with Crippen molar-refractivity contribution in [1.29, 1.82) is 0 Å². The smallest absolute Gasteiger partial charge is 0.0707 e. The fourth-order valence-electron chi connectivity index (χ4n) is 3.44. The Bertz CT molecular complexity index is 975. The second kappa shape index (κ2) is 25.4. The van der Waals surface area contributed by atoms with Crippen LogP contribution in [0.3, 0.4) is 0 Å². The van der Waals surface area contributed by atoms with E-state index in [9.17, 15) is 0 Å². The van der Waals surface area contributed by atoms with Gasteiger partial charge in [0, 0.05) is 24.5 Å². The molecule has 3 heteroatoms. The predicted octanol–water partition coefficient (Wildman–Crippen LogP) is 10.1. The Balaban J connectivity index is 0. The molecule has 0 saturated heterocycles. The van der Waals surface area contributed by atoms with Crippen LogP contribution in [0.4, 0.5) is 0 Å². The van der Waals surface area contributed by atoms with Gasteiger partial charge in [-0.3, -0.25) is 9.98 Å². The molecule has 0 atom stereocenters. The molecule has 3 nitrogen and oxygen atoms in total. The monoisotopic (exact) mass is 517 g/mol. The highest BCUT2D eigenvalue weighted by atomic mass is 14.8. The summed E-state index contributed by atoms with van der Waals surface area (Å²) in [5.41, 5.74) is 12.8. The Labute approximate surface area is 235 Å². The van der Waals surface area contributed by atoms with Crippen molar-refractivity contribution < 1.29 is 0 Å². The van der Waals surface area contributed by atoms with Crippen molar-refractivity contribution in [1.82, 2.24) is 0 Å². The van der Waals surface area contributed by atoms with Gasteiger partial charge in [-0.25, -0.2) is 0 Å². The van der Waals surface area contributed by atoms with Crippen molar-refractivity contribution >= 4 is 11.9 Å². The predicted molar refractivity (Wildman–Crippen MR) is 175 cm³/mol. The minimum absolute atomic E-state index is 0.992. The molecular weight excluding hydrogens is 462 g/mol. The molecule has 0 saturated carbocycles. The Morgan fingerprint density at radius 2 is 1.42 bits per heavy atom. The molecule has 2 rings (SSSR count). The van der Waals surface area contributed by atoms with Gasteiger partial charge < -0.3 is 5.73 Å². The van der Waals surface area contributed by atoms with Crippen LogP contribution >= 0.6 is 0 Å². The fraction of sp³-hybridized carbons (Fsp3) is 0.429. The molecule has 0 aliphatic heterocycles. The third kappa shape index (κ3) is 19.0. The highest BCUT2D eigenvalue weighted by Crippen LogP contribution is 2.14. The van der Waals surface area contributed by atoms with E-state index in [1.54, 1.807) is 7.05 Å². The van der Waals surface area contributed by atoms with E-state index in [1.165, 1.54) is 67.0 Å². The number of aliphatic imine (C=N–C) groups is 2. The van der Waals surface area contributed by atoms with Crippen molar-refractivity contribution in [3.05, 3.63) is 107 Å². The summed E-state index contributed by atoms with van der Waals surface area (Å²) in [5, 5.41) is 0. The summed E-state index contributed by atoms with van der Waals surface area (Å²) in [7, 11) is 1.78. The van der Waals surface area contributed by atoms with Crippen LogP contribution in [0.2, 0.25) is 0 Å². The number of unbranched alkanes of at least 4 members (excludes halogenated alkanes) is 4. The quantitative estimate of drug-likeness (QED) is 0.247. The van der Waals surface area contributed by atoms with E-state index in [0.717, 1.165) is 17.0 Å². The van der Waals surface area contributed by atoms with Crippen LogP contribution in [-0.2, 0) is 6.42 Å². The van der Waals surface area contributed by atoms with Gasteiger partial charge in [-0.05, 0) is 76.4 Å². The van der Waals surface area contributed by atoms with Crippen LogP contribution in [0.5, 0.6) is 0 Å². The van der Waals surface area contributed by atoms with Crippen molar-refractivity contribution in [2.24, 2.45) is 15.7 Å². The second-order valence-electron chi connectivity index (χ2n) is 9.07. The standard InChI is InChI=1S/C18H24N2.C13H20.C2H5N.C2H6/c1-13(2)11-18(17-10-8-7-9-14(17)3)20-16(5)15(4)12-19-6;1-2-3-4-5-7-10-13-11-8-6-9-12-13;1-2-3;1-2/h7-12H,1-6H3;6,8-9,11-12H,2-5,7,10H2,1H3;2H,1,3H2;1-2H3/b16-15+,19-12?,20-18?;;;. The SMILES string of the molecule is C=CN.CC.CCCCCCCc1ccccc1.CN=C/C(C)=C(\C)N=C(C=C(C)C)c1ccccc1C. The van der Waals surface area contributed by atoms with Crippen LogP contribution in [-0.4, -0.2) is 19.0 Å². The largest absolute Gasteiger partial charge is 0.405 e. The molecule has 210 valence electrons. The zero-order valence-electron chi connectivity index (χ0n) is 25.8. The van der Waals surface area contributed by atoms with E-state index in [-0.39, 0.29) is 0 Å². The number of benzene rings is 2. The lowest BCUT2D eigenvalue weighted by molar-refractivity contribution is 0.632. The summed E-state index contributed by atoms with van der Waals surface area (Å²) >= 11 is 0. The molecule has 0 aromatic heterocycles. The number of hydrogen-bond acceptors (Lipinski definition) is 3. The van der Waals surface area contributed by atoms with Gasteiger partial charge >= 0.3 is 0 Å². The molecule has 0 bridgehead atoms. The van der Waals surface area contributed by atoms with Crippen molar-refractivity contribution in [2.75, 3.05) is 7.05 Å². The van der Waals surface area contributed by atoms with E-state index < -0.39 is 0 Å². The zero-order chi connectivity index (χ0) is 29.2. The topological polar surface area (TPSA) is 50.7 Å². The first kappa shape index (κ1) is 37.0. The van der Waals surface area contributed by atoms with Gasteiger partial charge in [0.05, 0.1) is 5.71 Å². The lowest BCUT2D eigenvalue weighted by atomic mass is 10.0.